The van der Waals surface area contributed by atoms with Crippen LogP contribution in [0.1, 0.15) is 24.4 Å². The van der Waals surface area contributed by atoms with Crippen molar-refractivity contribution in [3.05, 3.63) is 60.4 Å². The Balaban J connectivity index is 1.48. The van der Waals surface area contributed by atoms with Crippen LogP contribution in [0.4, 0.5) is 0 Å². The van der Waals surface area contributed by atoms with Gasteiger partial charge in [-0.05, 0) is 35.8 Å². The highest BCUT2D eigenvalue weighted by molar-refractivity contribution is 5.76. The van der Waals surface area contributed by atoms with E-state index in [1.807, 2.05) is 47.4 Å². The van der Waals surface area contributed by atoms with Crippen LogP contribution in [0.25, 0.3) is 11.4 Å². The van der Waals surface area contributed by atoms with Gasteiger partial charge in [0, 0.05) is 24.5 Å². The van der Waals surface area contributed by atoms with Crippen molar-refractivity contribution in [2.75, 3.05) is 6.54 Å². The summed E-state index contributed by atoms with van der Waals surface area (Å²) in [6, 6.07) is 13.7. The molecule has 3 heterocycles. The average Bonchev–Trinajstić information content (AvgIpc) is 3.33. The van der Waals surface area contributed by atoms with Crippen molar-refractivity contribution >= 4 is 5.91 Å². The number of hydrogen-bond donors (Lipinski definition) is 0. The van der Waals surface area contributed by atoms with Crippen LogP contribution >= 0.6 is 0 Å². The van der Waals surface area contributed by atoms with Crippen molar-refractivity contribution in [2.24, 2.45) is 0 Å². The lowest BCUT2D eigenvalue weighted by Crippen LogP contribution is -2.34. The molecule has 0 bridgehead atoms. The first-order valence-electron chi connectivity index (χ1n) is 8.34. The second kappa shape index (κ2) is 6.80. The lowest BCUT2D eigenvalue weighted by atomic mass is 10.1. The van der Waals surface area contributed by atoms with E-state index in [0.717, 1.165) is 30.5 Å². The summed E-state index contributed by atoms with van der Waals surface area (Å²) in [4.78, 5) is 20.0. The van der Waals surface area contributed by atoms with Crippen LogP contribution in [0.3, 0.4) is 0 Å². The fourth-order valence-corrected chi connectivity index (χ4v) is 3.22. The number of amides is 1. The Morgan fingerprint density at radius 1 is 1.12 bits per heavy atom. The first-order valence-corrected chi connectivity index (χ1v) is 8.34. The molecule has 0 N–H and O–H groups in total. The van der Waals surface area contributed by atoms with E-state index in [0.29, 0.717) is 5.82 Å². The fourth-order valence-electron chi connectivity index (χ4n) is 3.22. The van der Waals surface area contributed by atoms with Gasteiger partial charge in [-0.25, -0.2) is 0 Å². The Kier molecular flexibility index (Phi) is 4.20. The highest BCUT2D eigenvalue weighted by Gasteiger charge is 2.30. The van der Waals surface area contributed by atoms with Gasteiger partial charge in [-0.15, -0.1) is 10.2 Å². The standard InChI is InChI=1S/C18H18N6O/c25-17(23-12-4-7-16(23)14-8-10-19-11-9-14)13-24-21-18(20-22-24)15-5-2-1-3-6-15/h1-3,5-6,8-11,16H,4,7,12-13H2. The number of carbonyl (C=O) groups excluding carboxylic acids is 1. The van der Waals surface area contributed by atoms with Crippen molar-refractivity contribution < 1.29 is 4.79 Å². The summed E-state index contributed by atoms with van der Waals surface area (Å²) >= 11 is 0. The van der Waals surface area contributed by atoms with Gasteiger partial charge in [-0.1, -0.05) is 30.3 Å². The largest absolute Gasteiger partial charge is 0.334 e. The quantitative estimate of drug-likeness (QED) is 0.730. The van der Waals surface area contributed by atoms with Crippen LogP contribution in [0.15, 0.2) is 54.9 Å². The Morgan fingerprint density at radius 2 is 1.92 bits per heavy atom. The highest BCUT2D eigenvalue weighted by atomic mass is 16.2. The number of nitrogens with zero attached hydrogens (tertiary/aromatic N) is 6. The molecule has 0 aliphatic carbocycles. The molecule has 3 aromatic rings. The summed E-state index contributed by atoms with van der Waals surface area (Å²) < 4.78 is 0. The van der Waals surface area contributed by atoms with Gasteiger partial charge in [0.15, 0.2) is 0 Å². The van der Waals surface area contributed by atoms with E-state index in [2.05, 4.69) is 20.4 Å². The zero-order chi connectivity index (χ0) is 17.1. The summed E-state index contributed by atoms with van der Waals surface area (Å²) in [6.45, 7) is 0.855. The molecule has 1 atom stereocenters. The molecule has 1 unspecified atom stereocenters. The van der Waals surface area contributed by atoms with E-state index >= 15 is 0 Å². The Morgan fingerprint density at radius 3 is 2.72 bits per heavy atom. The first kappa shape index (κ1) is 15.4. The molecule has 126 valence electrons. The number of likely N-dealkylation sites (tertiary alicyclic amines) is 1. The van der Waals surface area contributed by atoms with E-state index in [1.54, 1.807) is 12.4 Å². The molecule has 1 aromatic carbocycles. The van der Waals surface area contributed by atoms with Crippen molar-refractivity contribution in [1.29, 1.82) is 0 Å². The molecule has 1 aliphatic rings. The number of carbonyl (C=O) groups is 1. The van der Waals surface area contributed by atoms with Crippen molar-refractivity contribution in [2.45, 2.75) is 25.4 Å². The predicted molar refractivity (Wildman–Crippen MR) is 91.2 cm³/mol. The molecular formula is C18H18N6O. The Hall–Kier alpha value is -3.09. The highest BCUT2D eigenvalue weighted by Crippen LogP contribution is 2.31. The molecule has 2 aromatic heterocycles. The van der Waals surface area contributed by atoms with Crippen LogP contribution in [-0.2, 0) is 11.3 Å². The molecular weight excluding hydrogens is 316 g/mol. The zero-order valence-corrected chi connectivity index (χ0v) is 13.7. The number of pyridine rings is 1. The van der Waals surface area contributed by atoms with Gasteiger partial charge < -0.3 is 4.90 Å². The monoisotopic (exact) mass is 334 g/mol. The lowest BCUT2D eigenvalue weighted by molar-refractivity contribution is -0.133. The minimum Gasteiger partial charge on any atom is -0.334 e. The maximum atomic E-state index is 12.7. The smallest absolute Gasteiger partial charge is 0.246 e. The maximum Gasteiger partial charge on any atom is 0.246 e. The predicted octanol–water partition coefficient (Wildman–Crippen LogP) is 2.10. The molecule has 7 nitrogen and oxygen atoms in total. The van der Waals surface area contributed by atoms with Crippen molar-refractivity contribution in [3.8, 4) is 11.4 Å². The van der Waals surface area contributed by atoms with E-state index in [4.69, 9.17) is 0 Å². The van der Waals surface area contributed by atoms with Crippen molar-refractivity contribution in [1.82, 2.24) is 30.1 Å². The second-order valence-corrected chi connectivity index (χ2v) is 6.04. The molecule has 1 fully saturated rings. The summed E-state index contributed by atoms with van der Waals surface area (Å²) in [5.41, 5.74) is 2.01. The third-order valence-corrected chi connectivity index (χ3v) is 4.43. The fraction of sp³-hybridized carbons (Fsp3) is 0.278. The molecule has 1 saturated heterocycles. The third-order valence-electron chi connectivity index (χ3n) is 4.43. The second-order valence-electron chi connectivity index (χ2n) is 6.04. The van der Waals surface area contributed by atoms with Crippen LogP contribution in [0.5, 0.6) is 0 Å². The van der Waals surface area contributed by atoms with Gasteiger partial charge in [-0.3, -0.25) is 9.78 Å². The normalized spacial score (nSPS) is 17.0. The Labute approximate surface area is 145 Å². The van der Waals surface area contributed by atoms with E-state index in [-0.39, 0.29) is 18.5 Å². The first-order chi connectivity index (χ1) is 12.3. The maximum absolute atomic E-state index is 12.7. The molecule has 0 saturated carbocycles. The van der Waals surface area contributed by atoms with Gasteiger partial charge in [0.25, 0.3) is 0 Å². The number of tetrazole rings is 1. The van der Waals surface area contributed by atoms with Crippen LogP contribution in [0.2, 0.25) is 0 Å². The molecule has 7 heteroatoms. The molecule has 0 spiro atoms. The average molecular weight is 334 g/mol. The number of benzene rings is 1. The van der Waals surface area contributed by atoms with Crippen LogP contribution < -0.4 is 0 Å². The molecule has 4 rings (SSSR count). The van der Waals surface area contributed by atoms with Crippen molar-refractivity contribution in [3.63, 3.8) is 0 Å². The molecule has 0 radical (unpaired) electrons. The minimum absolute atomic E-state index is 0.0105. The van der Waals surface area contributed by atoms with E-state index in [9.17, 15) is 4.79 Å². The molecule has 25 heavy (non-hydrogen) atoms. The summed E-state index contributed by atoms with van der Waals surface area (Å²) in [7, 11) is 0. The zero-order valence-electron chi connectivity index (χ0n) is 13.7. The number of rotatable bonds is 4. The topological polar surface area (TPSA) is 76.8 Å². The van der Waals surface area contributed by atoms with E-state index in [1.165, 1.54) is 4.80 Å². The minimum atomic E-state index is 0.0105. The summed E-state index contributed by atoms with van der Waals surface area (Å²) in [5.74, 6) is 0.539. The van der Waals surface area contributed by atoms with Crippen LogP contribution in [0, 0.1) is 0 Å². The summed E-state index contributed by atoms with van der Waals surface area (Å²) in [5, 5.41) is 12.4. The van der Waals surface area contributed by atoms with Gasteiger partial charge in [0.1, 0.15) is 6.54 Å². The SMILES string of the molecule is O=C(Cn1nnc(-c2ccccc2)n1)N1CCCC1c1ccncc1. The Bertz CT molecular complexity index is 848. The van der Waals surface area contributed by atoms with Gasteiger partial charge in [-0.2, -0.15) is 4.80 Å². The lowest BCUT2D eigenvalue weighted by Gasteiger charge is -2.24. The van der Waals surface area contributed by atoms with Gasteiger partial charge in [0.05, 0.1) is 6.04 Å². The molecule has 1 amide bonds. The molecule has 1 aliphatic heterocycles. The summed E-state index contributed by atoms with van der Waals surface area (Å²) in [6.07, 6.45) is 5.50. The van der Waals surface area contributed by atoms with Gasteiger partial charge >= 0.3 is 0 Å². The number of hydrogen-bond acceptors (Lipinski definition) is 5. The number of aromatic nitrogens is 5. The van der Waals surface area contributed by atoms with Crippen LogP contribution in [-0.4, -0.2) is 42.5 Å². The van der Waals surface area contributed by atoms with Gasteiger partial charge in [0.2, 0.25) is 11.7 Å². The van der Waals surface area contributed by atoms with E-state index < -0.39 is 0 Å². The third kappa shape index (κ3) is 3.26.